The second-order valence-electron chi connectivity index (χ2n) is 8.65. The first kappa shape index (κ1) is 23.0. The number of nitro groups is 1. The number of nitrogens with one attached hydrogen (secondary N) is 1. The summed E-state index contributed by atoms with van der Waals surface area (Å²) in [6.07, 6.45) is 4.34. The summed E-state index contributed by atoms with van der Waals surface area (Å²) in [6.45, 7) is 2.48. The van der Waals surface area contributed by atoms with Gasteiger partial charge in [-0.2, -0.15) is 0 Å². The summed E-state index contributed by atoms with van der Waals surface area (Å²) in [5.74, 6) is 0. The first-order valence-corrected chi connectivity index (χ1v) is 12.9. The molecule has 1 unspecified atom stereocenters. The molecule has 1 fully saturated rings. The molecule has 5 rings (SSSR count). The van der Waals surface area contributed by atoms with Crippen molar-refractivity contribution in [3.05, 3.63) is 94.8 Å². The number of benzene rings is 2. The standard InChI is InChI=1S/C25H25N5O4S/c31-30(32)23-16-26-25-22(13-15-29(25)35(33,34)21-11-5-2-6-12-21)24(23)27-20-10-7-14-28(18-20)17-19-8-3-1-4-9-19/h1-6,8-9,11-13,15-16,20H,7,10,14,17-18H2,(H,26,27). The van der Waals surface area contributed by atoms with Crippen LogP contribution >= 0.6 is 0 Å². The zero-order chi connectivity index (χ0) is 24.4. The van der Waals surface area contributed by atoms with Gasteiger partial charge in [-0.15, -0.1) is 0 Å². The van der Waals surface area contributed by atoms with Gasteiger partial charge in [0.05, 0.1) is 15.2 Å². The summed E-state index contributed by atoms with van der Waals surface area (Å²) in [4.78, 5) is 18.0. The highest BCUT2D eigenvalue weighted by Crippen LogP contribution is 2.35. The number of piperidine rings is 1. The molecule has 4 aromatic rings. The normalized spacial score (nSPS) is 16.9. The fraction of sp³-hybridized carbons (Fsp3) is 0.240. The van der Waals surface area contributed by atoms with Gasteiger partial charge in [0.2, 0.25) is 0 Å². The molecule has 0 amide bonds. The van der Waals surface area contributed by atoms with Crippen LogP contribution in [0.1, 0.15) is 18.4 Å². The molecule has 1 saturated heterocycles. The Labute approximate surface area is 203 Å². The van der Waals surface area contributed by atoms with Crippen LogP contribution < -0.4 is 5.32 Å². The average molecular weight is 492 g/mol. The quantitative estimate of drug-likeness (QED) is 0.304. The van der Waals surface area contributed by atoms with E-state index in [1.54, 1.807) is 24.3 Å². The highest BCUT2D eigenvalue weighted by atomic mass is 32.2. The van der Waals surface area contributed by atoms with Gasteiger partial charge in [0, 0.05) is 25.3 Å². The second-order valence-corrected chi connectivity index (χ2v) is 10.5. The molecule has 1 aliphatic rings. The number of fused-ring (bicyclic) bond motifs is 1. The Kier molecular flexibility index (Phi) is 6.23. The predicted octanol–water partition coefficient (Wildman–Crippen LogP) is 4.26. The molecule has 180 valence electrons. The van der Waals surface area contributed by atoms with Crippen LogP contribution in [-0.2, 0) is 16.6 Å². The zero-order valence-electron chi connectivity index (χ0n) is 18.9. The molecule has 10 heteroatoms. The molecule has 9 nitrogen and oxygen atoms in total. The van der Waals surface area contributed by atoms with Crippen LogP contribution in [0.2, 0.25) is 0 Å². The molecule has 2 aromatic carbocycles. The molecular weight excluding hydrogens is 466 g/mol. The molecule has 0 saturated carbocycles. The fourth-order valence-corrected chi connectivity index (χ4v) is 5.93. The number of nitrogens with zero attached hydrogens (tertiary/aromatic N) is 4. The van der Waals surface area contributed by atoms with Gasteiger partial charge in [-0.25, -0.2) is 17.4 Å². The minimum absolute atomic E-state index is 0.0224. The van der Waals surface area contributed by atoms with Gasteiger partial charge in [-0.3, -0.25) is 15.0 Å². The molecule has 1 aliphatic heterocycles. The van der Waals surface area contributed by atoms with Crippen molar-refractivity contribution in [2.24, 2.45) is 0 Å². The number of hydrogen-bond acceptors (Lipinski definition) is 7. The minimum atomic E-state index is -3.90. The Balaban J connectivity index is 1.47. The Morgan fingerprint density at radius 2 is 1.77 bits per heavy atom. The van der Waals surface area contributed by atoms with Crippen molar-refractivity contribution < 1.29 is 13.3 Å². The number of rotatable bonds is 7. The Morgan fingerprint density at radius 1 is 1.06 bits per heavy atom. The lowest BCUT2D eigenvalue weighted by molar-refractivity contribution is -0.384. The van der Waals surface area contributed by atoms with Crippen LogP contribution in [0, 0.1) is 10.1 Å². The monoisotopic (exact) mass is 491 g/mol. The van der Waals surface area contributed by atoms with Gasteiger partial charge in [0.25, 0.3) is 10.0 Å². The van der Waals surface area contributed by atoms with E-state index in [2.05, 4.69) is 27.3 Å². The van der Waals surface area contributed by atoms with E-state index in [0.717, 1.165) is 42.6 Å². The van der Waals surface area contributed by atoms with Crippen molar-refractivity contribution in [1.82, 2.24) is 13.9 Å². The maximum atomic E-state index is 13.2. The van der Waals surface area contributed by atoms with Gasteiger partial charge in [-0.05, 0) is 43.1 Å². The van der Waals surface area contributed by atoms with Crippen molar-refractivity contribution in [3.8, 4) is 0 Å². The van der Waals surface area contributed by atoms with Gasteiger partial charge in [0.1, 0.15) is 11.9 Å². The van der Waals surface area contributed by atoms with Crippen molar-refractivity contribution in [2.45, 2.75) is 30.3 Å². The smallest absolute Gasteiger partial charge is 0.311 e. The summed E-state index contributed by atoms with van der Waals surface area (Å²) < 4.78 is 27.5. The third-order valence-electron chi connectivity index (χ3n) is 6.26. The van der Waals surface area contributed by atoms with Crippen molar-refractivity contribution in [2.75, 3.05) is 18.4 Å². The first-order valence-electron chi connectivity index (χ1n) is 11.4. The fourth-order valence-electron chi connectivity index (χ4n) is 4.61. The molecular formula is C25H25N5O4S. The maximum Gasteiger partial charge on any atom is 0.311 e. The molecule has 0 aliphatic carbocycles. The zero-order valence-corrected chi connectivity index (χ0v) is 19.8. The first-order chi connectivity index (χ1) is 16.9. The lowest BCUT2D eigenvalue weighted by Crippen LogP contribution is -2.41. The molecule has 0 radical (unpaired) electrons. The number of aromatic nitrogens is 2. The maximum absolute atomic E-state index is 13.2. The lowest BCUT2D eigenvalue weighted by Gasteiger charge is -2.33. The van der Waals surface area contributed by atoms with Crippen LogP contribution in [0.15, 0.2) is 84.0 Å². The second kappa shape index (κ2) is 9.47. The molecule has 3 heterocycles. The summed E-state index contributed by atoms with van der Waals surface area (Å²) >= 11 is 0. The summed E-state index contributed by atoms with van der Waals surface area (Å²) in [6, 6.07) is 19.8. The van der Waals surface area contributed by atoms with Crippen LogP contribution in [0.3, 0.4) is 0 Å². The van der Waals surface area contributed by atoms with Crippen molar-refractivity contribution in [3.63, 3.8) is 0 Å². The predicted molar refractivity (Wildman–Crippen MR) is 134 cm³/mol. The van der Waals surface area contributed by atoms with Crippen LogP contribution in [0.4, 0.5) is 11.4 Å². The largest absolute Gasteiger partial charge is 0.375 e. The Bertz CT molecular complexity index is 1460. The molecule has 0 spiro atoms. The Morgan fingerprint density at radius 3 is 2.49 bits per heavy atom. The Hall–Kier alpha value is -3.76. The molecule has 2 aromatic heterocycles. The SMILES string of the molecule is O=[N+]([O-])c1cnc2c(ccn2S(=O)(=O)c2ccccc2)c1NC1CCCN(Cc2ccccc2)C1. The number of likely N-dealkylation sites (tertiary alicyclic amines) is 1. The average Bonchev–Trinajstić information content (AvgIpc) is 3.31. The van der Waals surface area contributed by atoms with E-state index in [9.17, 15) is 18.5 Å². The highest BCUT2D eigenvalue weighted by Gasteiger charge is 2.28. The third-order valence-corrected chi connectivity index (χ3v) is 7.94. The molecule has 1 N–H and O–H groups in total. The molecule has 0 bridgehead atoms. The molecule has 1 atom stereocenters. The topological polar surface area (TPSA) is 110 Å². The van der Waals surface area contributed by atoms with E-state index >= 15 is 0 Å². The van der Waals surface area contributed by atoms with E-state index in [1.807, 2.05) is 18.2 Å². The summed E-state index contributed by atoms with van der Waals surface area (Å²) in [5.41, 5.74) is 1.49. The van der Waals surface area contributed by atoms with Gasteiger partial charge in [-0.1, -0.05) is 48.5 Å². The number of anilines is 1. The number of hydrogen-bond donors (Lipinski definition) is 1. The van der Waals surface area contributed by atoms with Crippen LogP contribution in [-0.4, -0.2) is 46.3 Å². The van der Waals surface area contributed by atoms with Crippen LogP contribution in [0.25, 0.3) is 11.0 Å². The van der Waals surface area contributed by atoms with E-state index in [-0.39, 0.29) is 22.3 Å². The van der Waals surface area contributed by atoms with Gasteiger partial charge in [0.15, 0.2) is 5.65 Å². The summed E-state index contributed by atoms with van der Waals surface area (Å²) in [7, 11) is -3.90. The highest BCUT2D eigenvalue weighted by molar-refractivity contribution is 7.90. The number of pyridine rings is 1. The van der Waals surface area contributed by atoms with Crippen LogP contribution in [0.5, 0.6) is 0 Å². The summed E-state index contributed by atoms with van der Waals surface area (Å²) in [5, 5.41) is 15.6. The lowest BCUT2D eigenvalue weighted by atomic mass is 10.0. The third kappa shape index (κ3) is 4.62. The van der Waals surface area contributed by atoms with E-state index < -0.39 is 14.9 Å². The molecule has 35 heavy (non-hydrogen) atoms. The van der Waals surface area contributed by atoms with E-state index in [4.69, 9.17) is 0 Å². The minimum Gasteiger partial charge on any atom is -0.375 e. The van der Waals surface area contributed by atoms with Crippen molar-refractivity contribution in [1.29, 1.82) is 0 Å². The van der Waals surface area contributed by atoms with E-state index in [0.29, 0.717) is 11.1 Å². The van der Waals surface area contributed by atoms with E-state index in [1.165, 1.54) is 23.9 Å². The van der Waals surface area contributed by atoms with Gasteiger partial charge < -0.3 is 5.32 Å². The van der Waals surface area contributed by atoms with Crippen molar-refractivity contribution >= 4 is 32.4 Å². The van der Waals surface area contributed by atoms with Gasteiger partial charge >= 0.3 is 5.69 Å².